The lowest BCUT2D eigenvalue weighted by Gasteiger charge is -2.26. The fourth-order valence-electron chi connectivity index (χ4n) is 2.07. The summed E-state index contributed by atoms with van der Waals surface area (Å²) in [7, 11) is 0. The van der Waals surface area contributed by atoms with E-state index in [4.69, 9.17) is 10.00 Å². The molecule has 3 rings (SSSR count). The van der Waals surface area contributed by atoms with E-state index in [2.05, 4.69) is 25.9 Å². The number of hydrogen-bond acceptors (Lipinski definition) is 6. The number of ether oxygens (including phenoxy) is 1. The smallest absolute Gasteiger partial charge is 0.229 e. The van der Waals surface area contributed by atoms with Crippen molar-refractivity contribution in [2.75, 3.05) is 31.2 Å². The Bertz CT molecular complexity index is 646. The van der Waals surface area contributed by atoms with Gasteiger partial charge in [-0.15, -0.1) is 0 Å². The van der Waals surface area contributed by atoms with E-state index in [1.807, 2.05) is 12.1 Å². The second-order valence-corrected chi connectivity index (χ2v) is 4.40. The zero-order valence-corrected chi connectivity index (χ0v) is 10.9. The molecule has 100 valence electrons. The third-order valence-corrected chi connectivity index (χ3v) is 3.10. The number of aromatic nitrogens is 3. The van der Waals surface area contributed by atoms with Crippen molar-refractivity contribution in [3.05, 3.63) is 36.2 Å². The van der Waals surface area contributed by atoms with Crippen molar-refractivity contribution in [1.82, 2.24) is 15.0 Å². The number of benzene rings is 1. The van der Waals surface area contributed by atoms with E-state index in [0.29, 0.717) is 30.5 Å². The van der Waals surface area contributed by atoms with E-state index < -0.39 is 0 Å². The van der Waals surface area contributed by atoms with Gasteiger partial charge in [-0.05, 0) is 12.1 Å². The van der Waals surface area contributed by atoms with Crippen molar-refractivity contribution in [3.8, 4) is 17.5 Å². The molecule has 0 N–H and O–H groups in total. The molecular weight excluding hydrogens is 254 g/mol. The minimum Gasteiger partial charge on any atom is -0.378 e. The first-order chi connectivity index (χ1) is 9.86. The molecule has 1 aliphatic heterocycles. The Kier molecular flexibility index (Phi) is 3.52. The van der Waals surface area contributed by atoms with Gasteiger partial charge in [-0.25, -0.2) is 9.97 Å². The molecule has 2 heterocycles. The highest BCUT2D eigenvalue weighted by Crippen LogP contribution is 2.18. The Morgan fingerprint density at radius 1 is 1.20 bits per heavy atom. The normalized spacial score (nSPS) is 14.8. The lowest BCUT2D eigenvalue weighted by molar-refractivity contribution is 0.122. The van der Waals surface area contributed by atoms with E-state index in [1.165, 1.54) is 6.33 Å². The van der Waals surface area contributed by atoms with E-state index in [-0.39, 0.29) is 0 Å². The Labute approximate surface area is 116 Å². The van der Waals surface area contributed by atoms with Crippen LogP contribution in [0.25, 0.3) is 11.4 Å². The van der Waals surface area contributed by atoms with Crippen molar-refractivity contribution in [1.29, 1.82) is 5.26 Å². The summed E-state index contributed by atoms with van der Waals surface area (Å²) in [6.07, 6.45) is 1.51. The fourth-order valence-corrected chi connectivity index (χ4v) is 2.07. The van der Waals surface area contributed by atoms with Crippen LogP contribution in [0, 0.1) is 11.3 Å². The molecule has 0 spiro atoms. The van der Waals surface area contributed by atoms with Crippen LogP contribution in [0.1, 0.15) is 5.56 Å². The highest BCUT2D eigenvalue weighted by Gasteiger charge is 2.14. The van der Waals surface area contributed by atoms with Gasteiger partial charge in [0, 0.05) is 18.7 Å². The van der Waals surface area contributed by atoms with Crippen LogP contribution in [-0.4, -0.2) is 41.3 Å². The molecule has 0 atom stereocenters. The molecule has 0 unspecified atom stereocenters. The lowest BCUT2D eigenvalue weighted by Crippen LogP contribution is -2.37. The molecule has 1 aliphatic rings. The monoisotopic (exact) mass is 267 g/mol. The van der Waals surface area contributed by atoms with Crippen LogP contribution in [0.4, 0.5) is 5.95 Å². The van der Waals surface area contributed by atoms with Crippen LogP contribution in [-0.2, 0) is 4.74 Å². The minimum absolute atomic E-state index is 0.582. The predicted octanol–water partition coefficient (Wildman–Crippen LogP) is 1.25. The summed E-state index contributed by atoms with van der Waals surface area (Å²) in [6.45, 7) is 2.93. The van der Waals surface area contributed by atoms with Gasteiger partial charge in [0.25, 0.3) is 0 Å². The van der Waals surface area contributed by atoms with Crippen molar-refractivity contribution in [2.45, 2.75) is 0 Å². The van der Waals surface area contributed by atoms with Crippen LogP contribution in [0.15, 0.2) is 30.6 Å². The zero-order valence-electron chi connectivity index (χ0n) is 10.9. The van der Waals surface area contributed by atoms with Crippen molar-refractivity contribution >= 4 is 5.95 Å². The van der Waals surface area contributed by atoms with Gasteiger partial charge in [0.1, 0.15) is 6.33 Å². The van der Waals surface area contributed by atoms with Crippen LogP contribution in [0.2, 0.25) is 0 Å². The SMILES string of the molecule is N#Cc1cccc(-c2ncnc(N3CCOCC3)n2)c1. The van der Waals surface area contributed by atoms with Crippen molar-refractivity contribution in [3.63, 3.8) is 0 Å². The van der Waals surface area contributed by atoms with Gasteiger partial charge in [0.15, 0.2) is 5.82 Å². The molecule has 6 heteroatoms. The van der Waals surface area contributed by atoms with Gasteiger partial charge in [0.05, 0.1) is 24.8 Å². The van der Waals surface area contributed by atoms with Crippen LogP contribution in [0.5, 0.6) is 0 Å². The van der Waals surface area contributed by atoms with Gasteiger partial charge in [-0.3, -0.25) is 0 Å². The first-order valence-corrected chi connectivity index (χ1v) is 6.39. The topological polar surface area (TPSA) is 74.9 Å². The van der Waals surface area contributed by atoms with E-state index in [0.717, 1.165) is 18.7 Å². The Morgan fingerprint density at radius 3 is 2.85 bits per heavy atom. The second kappa shape index (κ2) is 5.63. The number of nitrogens with zero attached hydrogens (tertiary/aromatic N) is 5. The first-order valence-electron chi connectivity index (χ1n) is 6.39. The summed E-state index contributed by atoms with van der Waals surface area (Å²) >= 11 is 0. The summed E-state index contributed by atoms with van der Waals surface area (Å²) < 4.78 is 5.32. The summed E-state index contributed by atoms with van der Waals surface area (Å²) in [5.41, 5.74) is 1.41. The molecule has 0 radical (unpaired) electrons. The van der Waals surface area contributed by atoms with Crippen molar-refractivity contribution in [2.24, 2.45) is 0 Å². The maximum atomic E-state index is 8.94. The van der Waals surface area contributed by atoms with Gasteiger partial charge < -0.3 is 9.64 Å². The standard InChI is InChI=1S/C14H13N5O/c15-9-11-2-1-3-12(8-11)13-16-10-17-14(18-13)19-4-6-20-7-5-19/h1-3,8,10H,4-7H2. The zero-order chi connectivity index (χ0) is 13.8. The average Bonchev–Trinajstić information content (AvgIpc) is 2.56. The molecule has 0 amide bonds. The van der Waals surface area contributed by atoms with Crippen LogP contribution >= 0.6 is 0 Å². The summed E-state index contributed by atoms with van der Waals surface area (Å²) in [6, 6.07) is 9.36. The fraction of sp³-hybridized carbons (Fsp3) is 0.286. The number of hydrogen-bond donors (Lipinski definition) is 0. The third kappa shape index (κ3) is 2.58. The Balaban J connectivity index is 1.92. The van der Waals surface area contributed by atoms with Gasteiger partial charge in [0.2, 0.25) is 5.95 Å². The van der Waals surface area contributed by atoms with Gasteiger partial charge in [-0.2, -0.15) is 10.2 Å². The van der Waals surface area contributed by atoms with Crippen molar-refractivity contribution < 1.29 is 4.74 Å². The van der Waals surface area contributed by atoms with Gasteiger partial charge in [-0.1, -0.05) is 12.1 Å². The molecule has 1 aromatic heterocycles. The molecule has 1 fully saturated rings. The van der Waals surface area contributed by atoms with E-state index >= 15 is 0 Å². The minimum atomic E-state index is 0.582. The number of rotatable bonds is 2. The number of anilines is 1. The molecule has 1 saturated heterocycles. The van der Waals surface area contributed by atoms with Gasteiger partial charge >= 0.3 is 0 Å². The third-order valence-electron chi connectivity index (χ3n) is 3.10. The molecule has 0 saturated carbocycles. The first kappa shape index (κ1) is 12.5. The highest BCUT2D eigenvalue weighted by atomic mass is 16.5. The number of morpholine rings is 1. The quantitative estimate of drug-likeness (QED) is 0.815. The molecule has 2 aromatic rings. The maximum absolute atomic E-state index is 8.94. The van der Waals surface area contributed by atoms with E-state index in [1.54, 1.807) is 12.1 Å². The highest BCUT2D eigenvalue weighted by molar-refractivity contribution is 5.58. The Morgan fingerprint density at radius 2 is 2.05 bits per heavy atom. The average molecular weight is 267 g/mol. The molecule has 0 aliphatic carbocycles. The summed E-state index contributed by atoms with van der Waals surface area (Å²) in [4.78, 5) is 15.0. The number of nitriles is 1. The van der Waals surface area contributed by atoms with Crippen LogP contribution in [0.3, 0.4) is 0 Å². The molecule has 20 heavy (non-hydrogen) atoms. The largest absolute Gasteiger partial charge is 0.378 e. The summed E-state index contributed by atoms with van der Waals surface area (Å²) in [5.74, 6) is 1.24. The Hall–Kier alpha value is -2.52. The van der Waals surface area contributed by atoms with E-state index in [9.17, 15) is 0 Å². The summed E-state index contributed by atoms with van der Waals surface area (Å²) in [5, 5.41) is 8.94. The molecule has 1 aromatic carbocycles. The molecule has 6 nitrogen and oxygen atoms in total. The molecular formula is C14H13N5O. The molecule has 0 bridgehead atoms. The predicted molar refractivity (Wildman–Crippen MR) is 73.0 cm³/mol. The second-order valence-electron chi connectivity index (χ2n) is 4.40. The van der Waals surface area contributed by atoms with Crippen LogP contribution < -0.4 is 4.90 Å². The lowest BCUT2D eigenvalue weighted by atomic mass is 10.1. The maximum Gasteiger partial charge on any atom is 0.229 e.